The van der Waals surface area contributed by atoms with Crippen LogP contribution in [0.1, 0.15) is 28.2 Å². The molecular formula is C17H18N4O2. The van der Waals surface area contributed by atoms with E-state index in [4.69, 9.17) is 4.52 Å². The van der Waals surface area contributed by atoms with Crippen LogP contribution in [0.5, 0.6) is 0 Å². The largest absolute Gasteiger partial charge is 0.356 e. The molecule has 0 saturated heterocycles. The van der Waals surface area contributed by atoms with Crippen LogP contribution in [-0.4, -0.2) is 21.0 Å². The molecule has 0 aliphatic heterocycles. The van der Waals surface area contributed by atoms with Crippen LogP contribution in [0.15, 0.2) is 22.7 Å². The predicted molar refractivity (Wildman–Crippen MR) is 87.3 cm³/mol. The normalized spacial score (nSPS) is 11.0. The van der Waals surface area contributed by atoms with Crippen molar-refractivity contribution in [3.8, 4) is 0 Å². The smallest absolute Gasteiger partial charge is 0.232 e. The Hall–Kier alpha value is -2.76. The summed E-state index contributed by atoms with van der Waals surface area (Å²) in [5.41, 5.74) is 5.08. The Labute approximate surface area is 133 Å². The van der Waals surface area contributed by atoms with Gasteiger partial charge in [-0.3, -0.25) is 10.1 Å². The first-order valence-electron chi connectivity index (χ1n) is 7.40. The molecule has 0 unspecified atom stereocenters. The fourth-order valence-electron chi connectivity index (χ4n) is 2.67. The number of amides is 1. The molecule has 6 heteroatoms. The number of anilines is 1. The Balaban J connectivity index is 1.83. The van der Waals surface area contributed by atoms with Crippen molar-refractivity contribution in [1.29, 1.82) is 0 Å². The lowest BCUT2D eigenvalue weighted by Gasteiger charge is -2.04. The van der Waals surface area contributed by atoms with Crippen molar-refractivity contribution in [3.05, 3.63) is 46.4 Å². The maximum absolute atomic E-state index is 12.2. The minimum Gasteiger partial charge on any atom is -0.356 e. The van der Waals surface area contributed by atoms with Crippen LogP contribution in [0.4, 0.5) is 5.95 Å². The Morgan fingerprint density at radius 2 is 1.78 bits per heavy atom. The fourth-order valence-corrected chi connectivity index (χ4v) is 2.67. The van der Waals surface area contributed by atoms with Crippen LogP contribution in [0.2, 0.25) is 0 Å². The summed E-state index contributed by atoms with van der Waals surface area (Å²) in [6.45, 7) is 7.70. The first kappa shape index (κ1) is 15.1. The molecule has 6 nitrogen and oxygen atoms in total. The van der Waals surface area contributed by atoms with E-state index < -0.39 is 0 Å². The second-order valence-corrected chi connectivity index (χ2v) is 5.79. The molecule has 0 aliphatic rings. The molecule has 0 spiro atoms. The van der Waals surface area contributed by atoms with E-state index >= 15 is 0 Å². The Morgan fingerprint density at radius 1 is 1.09 bits per heavy atom. The zero-order chi connectivity index (χ0) is 16.6. The standard InChI is InChI=1S/C17H18N4O2/c1-9-5-10(2)16-13(6-9)14(21-23-16)8-15(22)20-17-18-11(3)7-12(4)19-17/h5-7H,8H2,1-4H3,(H,18,19,20,22). The highest BCUT2D eigenvalue weighted by molar-refractivity contribution is 5.94. The number of benzene rings is 1. The molecule has 3 rings (SSSR count). The van der Waals surface area contributed by atoms with Crippen LogP contribution >= 0.6 is 0 Å². The zero-order valence-electron chi connectivity index (χ0n) is 13.6. The van der Waals surface area contributed by atoms with E-state index in [0.717, 1.165) is 33.5 Å². The van der Waals surface area contributed by atoms with Crippen molar-refractivity contribution in [2.24, 2.45) is 0 Å². The minimum atomic E-state index is -0.218. The molecule has 1 N–H and O–H groups in total. The van der Waals surface area contributed by atoms with Gasteiger partial charge in [-0.2, -0.15) is 0 Å². The van der Waals surface area contributed by atoms with Crippen molar-refractivity contribution in [1.82, 2.24) is 15.1 Å². The van der Waals surface area contributed by atoms with Crippen LogP contribution in [0.3, 0.4) is 0 Å². The molecule has 23 heavy (non-hydrogen) atoms. The summed E-state index contributed by atoms with van der Waals surface area (Å²) < 4.78 is 5.36. The lowest BCUT2D eigenvalue weighted by molar-refractivity contribution is -0.115. The molecule has 0 saturated carbocycles. The molecule has 1 amide bonds. The number of carbonyl (C=O) groups excluding carboxylic acids is 1. The lowest BCUT2D eigenvalue weighted by atomic mass is 10.1. The fraction of sp³-hybridized carbons (Fsp3) is 0.294. The highest BCUT2D eigenvalue weighted by atomic mass is 16.5. The first-order chi connectivity index (χ1) is 10.9. The van der Waals surface area contributed by atoms with E-state index in [0.29, 0.717) is 11.6 Å². The maximum atomic E-state index is 12.2. The van der Waals surface area contributed by atoms with Gasteiger partial charge in [0.15, 0.2) is 5.58 Å². The number of rotatable bonds is 3. The van der Waals surface area contributed by atoms with Gasteiger partial charge in [0.05, 0.1) is 6.42 Å². The van der Waals surface area contributed by atoms with Gasteiger partial charge in [0.1, 0.15) is 5.69 Å². The number of aryl methyl sites for hydroxylation is 4. The number of carbonyl (C=O) groups is 1. The van der Waals surface area contributed by atoms with Gasteiger partial charge in [-0.15, -0.1) is 0 Å². The highest BCUT2D eigenvalue weighted by Gasteiger charge is 2.15. The maximum Gasteiger partial charge on any atom is 0.232 e. The van der Waals surface area contributed by atoms with E-state index in [1.807, 2.05) is 45.9 Å². The quantitative estimate of drug-likeness (QED) is 0.804. The zero-order valence-corrected chi connectivity index (χ0v) is 13.6. The van der Waals surface area contributed by atoms with Gasteiger partial charge in [0.25, 0.3) is 0 Å². The second-order valence-electron chi connectivity index (χ2n) is 5.79. The number of fused-ring (bicyclic) bond motifs is 1. The number of nitrogens with zero attached hydrogens (tertiary/aromatic N) is 3. The van der Waals surface area contributed by atoms with E-state index in [1.165, 1.54) is 0 Å². The van der Waals surface area contributed by atoms with Gasteiger partial charge in [-0.25, -0.2) is 9.97 Å². The number of aromatic nitrogens is 3. The van der Waals surface area contributed by atoms with E-state index in [1.54, 1.807) is 0 Å². The molecule has 0 atom stereocenters. The molecule has 0 radical (unpaired) electrons. The average Bonchev–Trinajstić information content (AvgIpc) is 2.80. The number of hydrogen-bond donors (Lipinski definition) is 1. The molecule has 1 aromatic carbocycles. The first-order valence-corrected chi connectivity index (χ1v) is 7.40. The lowest BCUT2D eigenvalue weighted by Crippen LogP contribution is -2.17. The molecule has 118 valence electrons. The molecule has 2 aromatic heterocycles. The van der Waals surface area contributed by atoms with Crippen molar-refractivity contribution in [3.63, 3.8) is 0 Å². The van der Waals surface area contributed by atoms with Crippen LogP contribution in [-0.2, 0) is 11.2 Å². The topological polar surface area (TPSA) is 80.9 Å². The summed E-state index contributed by atoms with van der Waals surface area (Å²) >= 11 is 0. The van der Waals surface area contributed by atoms with E-state index in [9.17, 15) is 4.79 Å². The van der Waals surface area contributed by atoms with Gasteiger partial charge in [0, 0.05) is 16.8 Å². The third kappa shape index (κ3) is 3.21. The average molecular weight is 310 g/mol. The number of nitrogens with one attached hydrogen (secondary N) is 1. The summed E-state index contributed by atoms with van der Waals surface area (Å²) in [5.74, 6) is 0.0945. The van der Waals surface area contributed by atoms with Crippen molar-refractivity contribution >= 4 is 22.8 Å². The van der Waals surface area contributed by atoms with E-state index in [2.05, 4.69) is 20.4 Å². The summed E-state index contributed by atoms with van der Waals surface area (Å²) in [6, 6.07) is 5.86. The molecular weight excluding hydrogens is 292 g/mol. The third-order valence-corrected chi connectivity index (χ3v) is 3.54. The molecule has 3 aromatic rings. The van der Waals surface area contributed by atoms with Crippen molar-refractivity contribution in [2.75, 3.05) is 5.32 Å². The van der Waals surface area contributed by atoms with Gasteiger partial charge < -0.3 is 4.52 Å². The van der Waals surface area contributed by atoms with Crippen molar-refractivity contribution < 1.29 is 9.32 Å². The SMILES string of the molecule is Cc1cc(C)c2onc(CC(=O)Nc3nc(C)cc(C)n3)c2c1. The monoisotopic (exact) mass is 310 g/mol. The van der Waals surface area contributed by atoms with Crippen LogP contribution < -0.4 is 5.32 Å². The van der Waals surface area contributed by atoms with Gasteiger partial charge in [-0.1, -0.05) is 11.2 Å². The van der Waals surface area contributed by atoms with Crippen LogP contribution in [0, 0.1) is 27.7 Å². The molecule has 0 fully saturated rings. The molecule has 0 aliphatic carbocycles. The van der Waals surface area contributed by atoms with Gasteiger partial charge in [0.2, 0.25) is 11.9 Å². The second kappa shape index (κ2) is 5.79. The van der Waals surface area contributed by atoms with Crippen LogP contribution in [0.25, 0.3) is 11.0 Å². The minimum absolute atomic E-state index is 0.117. The third-order valence-electron chi connectivity index (χ3n) is 3.54. The highest BCUT2D eigenvalue weighted by Crippen LogP contribution is 2.24. The van der Waals surface area contributed by atoms with Gasteiger partial charge >= 0.3 is 0 Å². The Bertz CT molecular complexity index is 879. The van der Waals surface area contributed by atoms with E-state index in [-0.39, 0.29) is 12.3 Å². The predicted octanol–water partition coefficient (Wildman–Crippen LogP) is 3.03. The Morgan fingerprint density at radius 3 is 2.48 bits per heavy atom. The van der Waals surface area contributed by atoms with Gasteiger partial charge in [-0.05, 0) is 51.0 Å². The molecule has 2 heterocycles. The summed E-state index contributed by atoms with van der Waals surface area (Å²) in [4.78, 5) is 20.7. The summed E-state index contributed by atoms with van der Waals surface area (Å²) in [5, 5.41) is 7.62. The summed E-state index contributed by atoms with van der Waals surface area (Å²) in [7, 11) is 0. The Kier molecular flexibility index (Phi) is 3.82. The number of hydrogen-bond acceptors (Lipinski definition) is 5. The molecule has 0 bridgehead atoms. The summed E-state index contributed by atoms with van der Waals surface area (Å²) in [6.07, 6.45) is 0.117. The van der Waals surface area contributed by atoms with Crippen molar-refractivity contribution in [2.45, 2.75) is 34.1 Å².